The molecule has 0 fully saturated rings. The van der Waals surface area contributed by atoms with Gasteiger partial charge in [-0.1, -0.05) is 71.9 Å². The van der Waals surface area contributed by atoms with Gasteiger partial charge in [0.05, 0.1) is 12.0 Å². The standard InChI is InChI=1S/C21H38O2SSi/c1-16(2)25(17(3)4,18(5)6)23-14-13-21(19(7)22-15-24)20-11-9-8-10-12-20/h8-12,16-19,21,24H,13-15H2,1-7H3. The average Bonchev–Trinajstić information content (AvgIpc) is 2.55. The summed E-state index contributed by atoms with van der Waals surface area (Å²) in [5, 5.41) is 0. The minimum absolute atomic E-state index is 0.136. The molecule has 4 heteroatoms. The van der Waals surface area contributed by atoms with E-state index in [1.165, 1.54) is 5.56 Å². The number of ether oxygens (including phenoxy) is 1. The molecule has 0 amide bonds. The molecule has 0 saturated carbocycles. The highest BCUT2D eigenvalue weighted by Gasteiger charge is 2.45. The zero-order valence-corrected chi connectivity index (χ0v) is 19.1. The van der Waals surface area contributed by atoms with Crippen molar-refractivity contribution in [3.8, 4) is 0 Å². The van der Waals surface area contributed by atoms with Crippen LogP contribution < -0.4 is 0 Å². The van der Waals surface area contributed by atoms with Gasteiger partial charge in [0.15, 0.2) is 8.32 Å². The van der Waals surface area contributed by atoms with Crippen LogP contribution >= 0.6 is 12.6 Å². The Morgan fingerprint density at radius 1 is 0.880 bits per heavy atom. The molecule has 0 heterocycles. The molecule has 2 atom stereocenters. The highest BCUT2D eigenvalue weighted by molar-refractivity contribution is 7.80. The van der Waals surface area contributed by atoms with E-state index in [1.54, 1.807) is 0 Å². The second-order valence-corrected chi connectivity index (χ2v) is 13.7. The Morgan fingerprint density at radius 2 is 1.40 bits per heavy atom. The van der Waals surface area contributed by atoms with Gasteiger partial charge in [0.25, 0.3) is 0 Å². The van der Waals surface area contributed by atoms with Crippen molar-refractivity contribution in [3.05, 3.63) is 35.9 Å². The molecule has 0 bridgehead atoms. The van der Waals surface area contributed by atoms with E-state index in [2.05, 4.69) is 91.4 Å². The van der Waals surface area contributed by atoms with Crippen molar-refractivity contribution >= 4 is 20.9 Å². The molecule has 0 aromatic heterocycles. The van der Waals surface area contributed by atoms with Crippen molar-refractivity contribution in [3.63, 3.8) is 0 Å². The van der Waals surface area contributed by atoms with Gasteiger partial charge in [-0.25, -0.2) is 0 Å². The summed E-state index contributed by atoms with van der Waals surface area (Å²) in [5.41, 5.74) is 3.18. The summed E-state index contributed by atoms with van der Waals surface area (Å²) in [6, 6.07) is 10.7. The van der Waals surface area contributed by atoms with E-state index in [9.17, 15) is 0 Å². The Labute approximate surface area is 162 Å². The summed E-state index contributed by atoms with van der Waals surface area (Å²) in [7, 11) is -1.80. The molecule has 0 aliphatic heterocycles. The molecule has 0 radical (unpaired) electrons. The molecule has 25 heavy (non-hydrogen) atoms. The Balaban J connectivity index is 2.88. The monoisotopic (exact) mass is 382 g/mol. The second kappa shape index (κ2) is 10.8. The predicted octanol–water partition coefficient (Wildman–Crippen LogP) is 6.64. The fourth-order valence-corrected chi connectivity index (χ4v) is 10.2. The first-order chi connectivity index (χ1) is 11.8. The fourth-order valence-electron chi connectivity index (χ4n) is 4.47. The largest absolute Gasteiger partial charge is 0.416 e. The third-order valence-corrected chi connectivity index (χ3v) is 11.9. The maximum atomic E-state index is 6.76. The van der Waals surface area contributed by atoms with Gasteiger partial charge in [-0.15, -0.1) is 0 Å². The fraction of sp³-hybridized carbons (Fsp3) is 0.714. The first kappa shape index (κ1) is 22.7. The van der Waals surface area contributed by atoms with Crippen molar-refractivity contribution in [2.24, 2.45) is 0 Å². The number of benzene rings is 1. The Kier molecular flexibility index (Phi) is 9.79. The van der Waals surface area contributed by atoms with Gasteiger partial charge in [-0.05, 0) is 35.5 Å². The lowest BCUT2D eigenvalue weighted by atomic mass is 9.91. The quantitative estimate of drug-likeness (QED) is 0.262. The Bertz CT molecular complexity index is 454. The topological polar surface area (TPSA) is 18.5 Å². The minimum atomic E-state index is -1.80. The molecule has 1 aromatic carbocycles. The van der Waals surface area contributed by atoms with Crippen molar-refractivity contribution in [2.75, 3.05) is 12.5 Å². The third kappa shape index (κ3) is 5.85. The van der Waals surface area contributed by atoms with Crippen molar-refractivity contribution in [1.29, 1.82) is 0 Å². The van der Waals surface area contributed by atoms with Gasteiger partial charge in [0, 0.05) is 12.5 Å². The smallest absolute Gasteiger partial charge is 0.200 e. The van der Waals surface area contributed by atoms with Crippen molar-refractivity contribution < 1.29 is 9.16 Å². The van der Waals surface area contributed by atoms with Crippen LogP contribution in [0.1, 0.15) is 66.4 Å². The van der Waals surface area contributed by atoms with Crippen molar-refractivity contribution in [2.45, 2.75) is 83.5 Å². The lowest BCUT2D eigenvalue weighted by Crippen LogP contribution is -2.48. The van der Waals surface area contributed by atoms with E-state index in [0.29, 0.717) is 28.5 Å². The van der Waals surface area contributed by atoms with Gasteiger partial charge in [-0.2, -0.15) is 12.6 Å². The molecule has 0 spiro atoms. The summed E-state index contributed by atoms with van der Waals surface area (Å²) >= 11 is 4.24. The summed E-state index contributed by atoms with van der Waals surface area (Å²) in [5.74, 6) is 0.792. The third-order valence-electron chi connectivity index (χ3n) is 5.62. The predicted molar refractivity (Wildman–Crippen MR) is 115 cm³/mol. The van der Waals surface area contributed by atoms with Crippen LogP contribution in [0.25, 0.3) is 0 Å². The van der Waals surface area contributed by atoms with E-state index >= 15 is 0 Å². The lowest BCUT2D eigenvalue weighted by Gasteiger charge is -2.42. The summed E-state index contributed by atoms with van der Waals surface area (Å²) in [6.45, 7) is 17.0. The summed E-state index contributed by atoms with van der Waals surface area (Å²) in [4.78, 5) is 0. The van der Waals surface area contributed by atoms with Crippen LogP contribution in [0.4, 0.5) is 0 Å². The molecule has 0 aliphatic rings. The van der Waals surface area contributed by atoms with E-state index in [-0.39, 0.29) is 6.10 Å². The van der Waals surface area contributed by atoms with E-state index in [1.807, 2.05) is 0 Å². The summed E-state index contributed by atoms with van der Waals surface area (Å²) < 4.78 is 12.6. The van der Waals surface area contributed by atoms with Gasteiger partial charge < -0.3 is 9.16 Å². The average molecular weight is 383 g/mol. The Hall–Kier alpha value is -0.293. The Morgan fingerprint density at radius 3 is 1.84 bits per heavy atom. The van der Waals surface area contributed by atoms with Crippen molar-refractivity contribution in [1.82, 2.24) is 0 Å². The van der Waals surface area contributed by atoms with Crippen LogP contribution in [0.3, 0.4) is 0 Å². The normalized spacial score (nSPS) is 15.2. The molecule has 144 valence electrons. The number of hydrogen-bond donors (Lipinski definition) is 1. The van der Waals surface area contributed by atoms with E-state index in [4.69, 9.17) is 9.16 Å². The highest BCUT2D eigenvalue weighted by atomic mass is 32.1. The molecule has 2 nitrogen and oxygen atoms in total. The van der Waals surface area contributed by atoms with E-state index in [0.717, 1.165) is 13.0 Å². The van der Waals surface area contributed by atoms with E-state index < -0.39 is 8.32 Å². The molecule has 2 unspecified atom stereocenters. The van der Waals surface area contributed by atoms with Gasteiger partial charge in [-0.3, -0.25) is 0 Å². The maximum Gasteiger partial charge on any atom is 0.200 e. The number of thiol groups is 1. The van der Waals surface area contributed by atoms with Gasteiger partial charge >= 0.3 is 0 Å². The van der Waals surface area contributed by atoms with Crippen LogP contribution in [0.5, 0.6) is 0 Å². The molecule has 1 aromatic rings. The zero-order valence-electron chi connectivity index (χ0n) is 17.2. The first-order valence-corrected chi connectivity index (χ1v) is 12.5. The highest BCUT2D eigenvalue weighted by Crippen LogP contribution is 2.42. The van der Waals surface area contributed by atoms with Crippen LogP contribution in [0.15, 0.2) is 30.3 Å². The lowest BCUT2D eigenvalue weighted by molar-refractivity contribution is 0.0742. The summed E-state index contributed by atoms with van der Waals surface area (Å²) in [6.07, 6.45) is 1.12. The van der Waals surface area contributed by atoms with Crippen LogP contribution in [0, 0.1) is 0 Å². The molecule has 0 aliphatic carbocycles. The molecular formula is C21H38O2SSi. The van der Waals surface area contributed by atoms with Crippen LogP contribution in [-0.4, -0.2) is 27.0 Å². The molecular weight excluding hydrogens is 344 g/mol. The zero-order chi connectivity index (χ0) is 19.0. The number of hydrogen-bond acceptors (Lipinski definition) is 3. The van der Waals surface area contributed by atoms with Gasteiger partial charge in [0.2, 0.25) is 0 Å². The number of rotatable bonds is 11. The molecule has 1 rings (SSSR count). The van der Waals surface area contributed by atoms with Gasteiger partial charge in [0.1, 0.15) is 0 Å². The second-order valence-electron chi connectivity index (χ2n) is 7.97. The first-order valence-electron chi connectivity index (χ1n) is 9.68. The molecule has 0 N–H and O–H groups in total. The minimum Gasteiger partial charge on any atom is -0.416 e. The SMILES string of the molecule is CC(OCS)C(CCO[Si](C(C)C)(C(C)C)C(C)C)c1ccccc1. The van der Waals surface area contributed by atoms with Crippen LogP contribution in [-0.2, 0) is 9.16 Å². The van der Waals surface area contributed by atoms with Crippen LogP contribution in [0.2, 0.25) is 16.6 Å². The molecule has 0 saturated heterocycles. The maximum absolute atomic E-state index is 6.76.